The molecule has 19 heteroatoms. The lowest BCUT2D eigenvalue weighted by molar-refractivity contribution is -0.125. The van der Waals surface area contributed by atoms with E-state index in [0.29, 0.717) is 56.9 Å². The molecule has 2 saturated heterocycles. The van der Waals surface area contributed by atoms with E-state index in [4.69, 9.17) is 16.3 Å². The molecule has 4 N–H and O–H groups in total. The minimum absolute atomic E-state index is 0.00393. The highest BCUT2D eigenvalue weighted by Gasteiger charge is 2.38. The highest BCUT2D eigenvalue weighted by Crippen LogP contribution is 2.35. The number of halogens is 2. The minimum atomic E-state index is -0.651. The van der Waals surface area contributed by atoms with Gasteiger partial charge in [0.2, 0.25) is 11.8 Å². The number of hydrogen-bond donors (Lipinski definition) is 4. The van der Waals surface area contributed by atoms with E-state index in [1.54, 1.807) is 66.7 Å². The molecular weight excluding hydrogens is 773 g/mol. The topological polar surface area (TPSA) is 206 Å². The SMILES string of the molecule is CC(C)(C)OC(=O)N(c1cc(Cl)nc2c(/C=C3\CC(=O)NC3=O)cnn12)C1CC1.O=C1C/C(=C\c2cnn3c(NC4CC4)cc(Nc4cccc(F)c4)nc23)C(=O)N1. The Bertz CT molecular complexity index is 2600. The molecule has 4 aliphatic rings. The van der Waals surface area contributed by atoms with Crippen LogP contribution in [0, 0.1) is 5.82 Å². The Hall–Kier alpha value is -6.69. The van der Waals surface area contributed by atoms with Gasteiger partial charge >= 0.3 is 6.09 Å². The Morgan fingerprint density at radius 2 is 1.52 bits per heavy atom. The van der Waals surface area contributed by atoms with Crippen molar-refractivity contribution in [1.29, 1.82) is 0 Å². The van der Waals surface area contributed by atoms with E-state index < -0.39 is 23.5 Å². The third-order valence-corrected chi connectivity index (χ3v) is 9.37. The number of benzene rings is 1. The average Bonchev–Trinajstić information content (AvgIpc) is 4.01. The first-order chi connectivity index (χ1) is 27.7. The Morgan fingerprint density at radius 1 is 0.897 bits per heavy atom. The summed E-state index contributed by atoms with van der Waals surface area (Å²) in [5, 5.41) is 19.9. The fourth-order valence-corrected chi connectivity index (χ4v) is 6.48. The van der Waals surface area contributed by atoms with E-state index in [9.17, 15) is 28.4 Å². The van der Waals surface area contributed by atoms with E-state index in [0.717, 1.165) is 31.5 Å². The van der Waals surface area contributed by atoms with Gasteiger partial charge in [0.05, 0.1) is 25.2 Å². The highest BCUT2D eigenvalue weighted by atomic mass is 35.5. The van der Waals surface area contributed by atoms with Crippen molar-refractivity contribution in [2.75, 3.05) is 15.5 Å². The molecule has 0 bridgehead atoms. The summed E-state index contributed by atoms with van der Waals surface area (Å²) in [6.07, 6.45) is 9.71. The van der Waals surface area contributed by atoms with Gasteiger partial charge in [-0.15, -0.1) is 0 Å². The number of carbonyl (C=O) groups is 5. The zero-order valence-electron chi connectivity index (χ0n) is 31.5. The summed E-state index contributed by atoms with van der Waals surface area (Å²) in [4.78, 5) is 70.0. The van der Waals surface area contributed by atoms with Crippen LogP contribution < -0.4 is 26.2 Å². The van der Waals surface area contributed by atoms with Crippen molar-refractivity contribution >= 4 is 87.9 Å². The lowest BCUT2D eigenvalue weighted by Crippen LogP contribution is -2.39. The van der Waals surface area contributed by atoms with E-state index in [2.05, 4.69) is 41.4 Å². The Labute approximate surface area is 334 Å². The molecule has 0 unspecified atom stereocenters. The van der Waals surface area contributed by atoms with Crippen LogP contribution in [0.25, 0.3) is 23.4 Å². The number of nitrogens with one attached hydrogen (secondary N) is 4. The number of rotatable bonds is 8. The molecule has 0 spiro atoms. The molecule has 5 aromatic rings. The van der Waals surface area contributed by atoms with Crippen molar-refractivity contribution in [2.45, 2.75) is 77.0 Å². The monoisotopic (exact) mass is 809 g/mol. The smallest absolute Gasteiger partial charge is 0.416 e. The fourth-order valence-electron chi connectivity index (χ4n) is 6.30. The van der Waals surface area contributed by atoms with Crippen molar-refractivity contribution in [3.8, 4) is 0 Å². The number of hydrogen-bond acceptors (Lipinski definition) is 12. The zero-order valence-corrected chi connectivity index (χ0v) is 32.3. The van der Waals surface area contributed by atoms with Crippen LogP contribution in [0.4, 0.5) is 32.3 Å². The van der Waals surface area contributed by atoms with Crippen molar-refractivity contribution in [1.82, 2.24) is 39.8 Å². The van der Waals surface area contributed by atoms with Crippen LogP contribution >= 0.6 is 11.6 Å². The van der Waals surface area contributed by atoms with Gasteiger partial charge in [0.1, 0.15) is 34.0 Å². The first-order valence-corrected chi connectivity index (χ1v) is 18.9. The molecule has 9 rings (SSSR count). The summed E-state index contributed by atoms with van der Waals surface area (Å²) in [5.74, 6) is -0.173. The second kappa shape index (κ2) is 15.0. The molecule has 0 radical (unpaired) electrons. The summed E-state index contributed by atoms with van der Waals surface area (Å²) in [6.45, 7) is 5.41. The molecule has 17 nitrogen and oxygen atoms in total. The molecule has 2 aliphatic heterocycles. The molecule has 4 aromatic heterocycles. The molecule has 5 amide bonds. The fraction of sp³-hybridized carbons (Fsp3) is 0.308. The van der Waals surface area contributed by atoms with Crippen LogP contribution in [0.15, 0.2) is 59.9 Å². The molecular formula is C39H37ClFN11O6. The number of nitrogens with zero attached hydrogens (tertiary/aromatic N) is 7. The number of anilines is 4. The summed E-state index contributed by atoms with van der Waals surface area (Å²) in [7, 11) is 0. The maximum absolute atomic E-state index is 13.5. The van der Waals surface area contributed by atoms with Gasteiger partial charge in [-0.2, -0.15) is 19.2 Å². The summed E-state index contributed by atoms with van der Waals surface area (Å²) >= 11 is 6.24. The van der Waals surface area contributed by atoms with Crippen molar-refractivity contribution in [3.63, 3.8) is 0 Å². The first kappa shape index (κ1) is 38.2. The van der Waals surface area contributed by atoms with Crippen molar-refractivity contribution in [3.05, 3.63) is 82.0 Å². The van der Waals surface area contributed by atoms with Crippen LogP contribution in [-0.4, -0.2) is 76.6 Å². The summed E-state index contributed by atoms with van der Waals surface area (Å²) < 4.78 is 22.3. The molecule has 58 heavy (non-hydrogen) atoms. The molecule has 1 aromatic carbocycles. The normalized spacial score (nSPS) is 18.1. The quantitative estimate of drug-likeness (QED) is 0.0892. The first-order valence-electron chi connectivity index (χ1n) is 18.5. The van der Waals surface area contributed by atoms with Crippen molar-refractivity contribution < 1.29 is 33.1 Å². The van der Waals surface area contributed by atoms with E-state index >= 15 is 0 Å². The molecule has 298 valence electrons. The van der Waals surface area contributed by atoms with Crippen LogP contribution in [0.2, 0.25) is 5.15 Å². The van der Waals surface area contributed by atoms with Gasteiger partial charge in [-0.1, -0.05) is 17.7 Å². The van der Waals surface area contributed by atoms with E-state index in [1.807, 2.05) is 6.07 Å². The van der Waals surface area contributed by atoms with Crippen LogP contribution in [-0.2, 0) is 23.9 Å². The average molecular weight is 810 g/mol. The number of ether oxygens (including phenoxy) is 1. The molecule has 6 heterocycles. The van der Waals surface area contributed by atoms with Gasteiger partial charge < -0.3 is 15.4 Å². The maximum Gasteiger partial charge on any atom is 0.416 e. The van der Waals surface area contributed by atoms with Crippen LogP contribution in [0.3, 0.4) is 0 Å². The Balaban J connectivity index is 0.000000162. The summed E-state index contributed by atoms with van der Waals surface area (Å²) in [5.41, 5.74) is 2.64. The predicted octanol–water partition coefficient (Wildman–Crippen LogP) is 5.33. The lowest BCUT2D eigenvalue weighted by atomic mass is 10.1. The Morgan fingerprint density at radius 3 is 2.07 bits per heavy atom. The van der Waals surface area contributed by atoms with Gasteiger partial charge in [-0.3, -0.25) is 34.7 Å². The van der Waals surface area contributed by atoms with E-state index in [1.165, 1.54) is 22.8 Å². The number of carbonyl (C=O) groups excluding carboxylic acids is 5. The third kappa shape index (κ3) is 8.51. The number of aromatic nitrogens is 6. The standard InChI is InChI=1S/C20H17FN6O2.C19H20ClN5O4/c21-13-2-1-3-15(8-13)23-16-9-17(24-14-4-5-14)27-19(25-16)12(10-22-27)6-11-7-18(28)26-20(11)29;1-19(2,3)29-18(28)24(12-4-5-12)15-8-13(20)22-16-11(9-21-25(15)16)6-10-7-14(26)23-17(10)27/h1-3,6,8-10,14,24H,4-5,7H2,(H,23,25)(H,26,28,29);6,8-9,12H,4-5,7H2,1-3H3,(H,23,26,27)/b11-6+;10-6+. The second-order valence-corrected chi connectivity index (χ2v) is 15.6. The van der Waals surface area contributed by atoms with Crippen LogP contribution in [0.5, 0.6) is 0 Å². The predicted molar refractivity (Wildman–Crippen MR) is 211 cm³/mol. The third-order valence-electron chi connectivity index (χ3n) is 9.17. The second-order valence-electron chi connectivity index (χ2n) is 15.2. The van der Waals surface area contributed by atoms with Gasteiger partial charge in [-0.05, 0) is 76.8 Å². The molecule has 0 atom stereocenters. The van der Waals surface area contributed by atoms with Gasteiger partial charge in [0.25, 0.3) is 11.8 Å². The zero-order chi connectivity index (χ0) is 40.9. The van der Waals surface area contributed by atoms with Crippen LogP contribution in [0.1, 0.15) is 70.4 Å². The lowest BCUT2D eigenvalue weighted by Gasteiger charge is -2.27. The maximum atomic E-state index is 13.5. The number of imide groups is 2. The highest BCUT2D eigenvalue weighted by molar-refractivity contribution is 6.30. The van der Waals surface area contributed by atoms with Crippen molar-refractivity contribution in [2.24, 2.45) is 0 Å². The Kier molecular flexibility index (Phi) is 9.88. The molecule has 2 saturated carbocycles. The minimum Gasteiger partial charge on any atom is -0.443 e. The van der Waals surface area contributed by atoms with Gasteiger partial charge in [0.15, 0.2) is 11.3 Å². The molecule has 2 aliphatic carbocycles. The largest absolute Gasteiger partial charge is 0.443 e. The summed E-state index contributed by atoms with van der Waals surface area (Å²) in [6, 6.07) is 9.87. The number of amides is 5. The van der Waals surface area contributed by atoms with E-state index in [-0.39, 0.29) is 41.7 Å². The van der Waals surface area contributed by atoms with Gasteiger partial charge in [-0.25, -0.2) is 19.2 Å². The number of fused-ring (bicyclic) bond motifs is 2. The molecule has 4 fully saturated rings. The van der Waals surface area contributed by atoms with Gasteiger partial charge in [0, 0.05) is 52.2 Å².